The van der Waals surface area contributed by atoms with E-state index in [-0.39, 0.29) is 11.1 Å². The molecule has 5 nitrogen and oxygen atoms in total. The molecule has 3 aromatic rings. The van der Waals surface area contributed by atoms with Crippen LogP contribution in [0.3, 0.4) is 0 Å². The van der Waals surface area contributed by atoms with E-state index in [9.17, 15) is 14.9 Å². The fraction of sp³-hybridized carbons (Fsp3) is 0.0952. The van der Waals surface area contributed by atoms with Crippen molar-refractivity contribution in [3.8, 4) is 6.07 Å². The molecule has 0 aliphatic carbocycles. The number of aromatic nitrogens is 1. The smallest absolute Gasteiger partial charge is 0.293 e. The summed E-state index contributed by atoms with van der Waals surface area (Å²) in [5.41, 5.74) is 3.45. The molecule has 27 heavy (non-hydrogen) atoms. The number of amides is 2. The molecule has 4 rings (SSSR count). The first-order chi connectivity index (χ1) is 13.1. The zero-order valence-corrected chi connectivity index (χ0v) is 15.4. The lowest BCUT2D eigenvalue weighted by Gasteiger charge is -2.07. The molecule has 1 aliphatic rings. The summed E-state index contributed by atoms with van der Waals surface area (Å²) in [6.07, 6.45) is 3.73. The average molecular weight is 373 g/mol. The number of carbonyl (C=O) groups excluding carboxylic acids is 2. The van der Waals surface area contributed by atoms with Crippen LogP contribution in [-0.2, 0) is 11.3 Å². The number of carbonyl (C=O) groups is 2. The molecule has 2 heterocycles. The molecule has 2 amide bonds. The normalized spacial score (nSPS) is 15.7. The van der Waals surface area contributed by atoms with Gasteiger partial charge in [0.05, 0.1) is 16.5 Å². The Hall–Kier alpha value is -3.30. The third-order valence-electron chi connectivity index (χ3n) is 4.57. The van der Waals surface area contributed by atoms with E-state index < -0.39 is 0 Å². The van der Waals surface area contributed by atoms with Crippen molar-refractivity contribution in [2.24, 2.45) is 0 Å². The summed E-state index contributed by atoms with van der Waals surface area (Å²) in [6.45, 7) is 0.549. The Balaban J connectivity index is 1.80. The standard InChI is InChI=1S/C21H15N3O2S/c1-23-20(25)19(27-21(23)26)10-16-13-24(18-9-5-4-8-17(16)18)12-15-7-3-2-6-14(15)11-22/h2-10,13H,12H2,1H3/b19-10-. The monoisotopic (exact) mass is 373 g/mol. The van der Waals surface area contributed by atoms with Gasteiger partial charge < -0.3 is 4.57 Å². The number of fused-ring (bicyclic) bond motifs is 1. The Labute approximate surface area is 160 Å². The average Bonchev–Trinajstić information content (AvgIpc) is 3.15. The Morgan fingerprint density at radius 3 is 2.59 bits per heavy atom. The molecule has 0 N–H and O–H groups in total. The number of rotatable bonds is 3. The molecule has 1 aromatic heterocycles. The lowest BCUT2D eigenvalue weighted by molar-refractivity contribution is -0.121. The lowest BCUT2D eigenvalue weighted by Crippen LogP contribution is -2.22. The number of nitrogens with zero attached hydrogens (tertiary/aromatic N) is 3. The van der Waals surface area contributed by atoms with Crippen molar-refractivity contribution >= 4 is 39.9 Å². The molecule has 0 saturated carbocycles. The predicted octanol–water partition coefficient (Wildman–Crippen LogP) is 4.23. The van der Waals surface area contributed by atoms with Crippen molar-refractivity contribution < 1.29 is 9.59 Å². The molecule has 0 unspecified atom stereocenters. The highest BCUT2D eigenvalue weighted by Gasteiger charge is 2.32. The van der Waals surface area contributed by atoms with Gasteiger partial charge in [-0.15, -0.1) is 0 Å². The van der Waals surface area contributed by atoms with E-state index in [1.807, 2.05) is 48.7 Å². The van der Waals surface area contributed by atoms with Gasteiger partial charge in [-0.2, -0.15) is 5.26 Å². The van der Waals surface area contributed by atoms with Crippen molar-refractivity contribution in [3.63, 3.8) is 0 Å². The summed E-state index contributed by atoms with van der Waals surface area (Å²) in [5.74, 6) is -0.281. The van der Waals surface area contributed by atoms with Crippen molar-refractivity contribution in [1.82, 2.24) is 9.47 Å². The van der Waals surface area contributed by atoms with Crippen LogP contribution < -0.4 is 0 Å². The predicted molar refractivity (Wildman–Crippen MR) is 106 cm³/mol. The number of likely N-dealkylation sites (N-methyl/N-ethyl adjacent to an activating group) is 1. The third-order valence-corrected chi connectivity index (χ3v) is 5.53. The van der Waals surface area contributed by atoms with Gasteiger partial charge in [-0.3, -0.25) is 14.5 Å². The van der Waals surface area contributed by atoms with Gasteiger partial charge in [0, 0.05) is 36.3 Å². The van der Waals surface area contributed by atoms with E-state index in [4.69, 9.17) is 0 Å². The number of hydrogen-bond acceptors (Lipinski definition) is 4. The van der Waals surface area contributed by atoms with Gasteiger partial charge in [-0.25, -0.2) is 0 Å². The van der Waals surface area contributed by atoms with E-state index in [0.717, 1.165) is 38.7 Å². The maximum absolute atomic E-state index is 12.2. The third kappa shape index (κ3) is 3.03. The topological polar surface area (TPSA) is 66.1 Å². The van der Waals surface area contributed by atoms with Gasteiger partial charge in [0.25, 0.3) is 11.1 Å². The van der Waals surface area contributed by atoms with Crippen molar-refractivity contribution in [2.75, 3.05) is 7.05 Å². The molecule has 0 radical (unpaired) electrons. The number of nitriles is 1. The molecule has 0 bridgehead atoms. The Bertz CT molecular complexity index is 1150. The summed E-state index contributed by atoms with van der Waals surface area (Å²) in [5, 5.41) is 10.1. The summed E-state index contributed by atoms with van der Waals surface area (Å²) in [7, 11) is 1.49. The highest BCUT2D eigenvalue weighted by atomic mass is 32.2. The number of imide groups is 1. The fourth-order valence-electron chi connectivity index (χ4n) is 3.16. The summed E-state index contributed by atoms with van der Waals surface area (Å²) < 4.78 is 2.06. The number of hydrogen-bond donors (Lipinski definition) is 0. The highest BCUT2D eigenvalue weighted by Crippen LogP contribution is 2.33. The highest BCUT2D eigenvalue weighted by molar-refractivity contribution is 8.18. The summed E-state index contributed by atoms with van der Waals surface area (Å²) in [6, 6.07) is 17.6. The van der Waals surface area contributed by atoms with Gasteiger partial charge >= 0.3 is 0 Å². The molecule has 132 valence electrons. The molecule has 1 saturated heterocycles. The molecule has 1 fully saturated rings. The molecular weight excluding hydrogens is 358 g/mol. The van der Waals surface area contributed by atoms with Gasteiger partial charge in [0.1, 0.15) is 0 Å². The zero-order chi connectivity index (χ0) is 19.0. The van der Waals surface area contributed by atoms with Crippen molar-refractivity contribution in [3.05, 3.63) is 76.3 Å². The van der Waals surface area contributed by atoms with Crippen LogP contribution >= 0.6 is 11.8 Å². The van der Waals surface area contributed by atoms with E-state index in [1.165, 1.54) is 7.05 Å². The van der Waals surface area contributed by atoms with Crippen molar-refractivity contribution in [2.45, 2.75) is 6.54 Å². The lowest BCUT2D eigenvalue weighted by atomic mass is 10.1. The number of thioether (sulfide) groups is 1. The first-order valence-corrected chi connectivity index (χ1v) is 9.17. The Morgan fingerprint density at radius 1 is 1.11 bits per heavy atom. The fourth-order valence-corrected chi connectivity index (χ4v) is 3.98. The molecular formula is C21H15N3O2S. The minimum absolute atomic E-state index is 0.266. The SMILES string of the molecule is CN1C(=O)S/C(=C\c2cn(Cc3ccccc3C#N)c3ccccc23)C1=O. The van der Waals surface area contributed by atoms with Crippen LogP contribution in [-0.4, -0.2) is 27.7 Å². The zero-order valence-electron chi connectivity index (χ0n) is 14.5. The van der Waals surface area contributed by atoms with E-state index in [0.29, 0.717) is 17.0 Å². The second kappa shape index (κ2) is 6.78. The van der Waals surface area contributed by atoms with Crippen LogP contribution in [0.1, 0.15) is 16.7 Å². The summed E-state index contributed by atoms with van der Waals surface area (Å²) in [4.78, 5) is 25.5. The van der Waals surface area contributed by atoms with Crippen molar-refractivity contribution in [1.29, 1.82) is 5.26 Å². The molecule has 1 aliphatic heterocycles. The molecule has 0 spiro atoms. The number of benzene rings is 2. The summed E-state index contributed by atoms with van der Waals surface area (Å²) >= 11 is 0.951. The quantitative estimate of drug-likeness (QED) is 0.645. The van der Waals surface area contributed by atoms with E-state index >= 15 is 0 Å². The second-order valence-corrected chi connectivity index (χ2v) is 7.23. The molecule has 6 heteroatoms. The van der Waals surface area contributed by atoms with Crippen LogP contribution in [0.5, 0.6) is 0 Å². The number of para-hydroxylation sites is 1. The van der Waals surface area contributed by atoms with Crippen LogP contribution in [0.25, 0.3) is 17.0 Å². The van der Waals surface area contributed by atoms with E-state index in [2.05, 4.69) is 10.6 Å². The Kier molecular flexibility index (Phi) is 4.30. The minimum Gasteiger partial charge on any atom is -0.342 e. The van der Waals surface area contributed by atoms with Crippen LogP contribution in [0, 0.1) is 11.3 Å². The molecule has 0 atom stereocenters. The van der Waals surface area contributed by atoms with Gasteiger partial charge in [0.2, 0.25) is 0 Å². The largest absolute Gasteiger partial charge is 0.342 e. The van der Waals surface area contributed by atoms with Crippen LogP contribution in [0.15, 0.2) is 59.6 Å². The second-order valence-electron chi connectivity index (χ2n) is 6.24. The van der Waals surface area contributed by atoms with Gasteiger partial charge in [-0.05, 0) is 35.5 Å². The Morgan fingerprint density at radius 2 is 1.85 bits per heavy atom. The first kappa shape index (κ1) is 17.1. The van der Waals surface area contributed by atoms with Gasteiger partial charge in [-0.1, -0.05) is 36.4 Å². The maximum Gasteiger partial charge on any atom is 0.293 e. The van der Waals surface area contributed by atoms with E-state index in [1.54, 1.807) is 12.1 Å². The maximum atomic E-state index is 12.2. The first-order valence-electron chi connectivity index (χ1n) is 8.36. The van der Waals surface area contributed by atoms with Crippen LogP contribution in [0.4, 0.5) is 4.79 Å². The van der Waals surface area contributed by atoms with Gasteiger partial charge in [0.15, 0.2) is 0 Å². The van der Waals surface area contributed by atoms with Crippen LogP contribution in [0.2, 0.25) is 0 Å². The molecule has 2 aromatic carbocycles. The minimum atomic E-state index is -0.281.